The summed E-state index contributed by atoms with van der Waals surface area (Å²) in [4.78, 5) is 0. The monoisotopic (exact) mass is 153 g/mol. The fourth-order valence-electron chi connectivity index (χ4n) is 1.23. The smallest absolute Gasteiger partial charge is 0.141 e. The number of ether oxygens (including phenoxy) is 1. The molecule has 0 aromatic heterocycles. The molecular weight excluding hydrogens is 138 g/mol. The number of nitriles is 1. The first-order chi connectivity index (χ1) is 5.33. The van der Waals surface area contributed by atoms with Gasteiger partial charge in [0.15, 0.2) is 0 Å². The van der Waals surface area contributed by atoms with Crippen LogP contribution in [0.3, 0.4) is 0 Å². The van der Waals surface area contributed by atoms with Crippen LogP contribution in [-0.4, -0.2) is 12.7 Å². The fraction of sp³-hybridized carbons (Fsp3) is 0.889. The zero-order chi connectivity index (χ0) is 8.10. The van der Waals surface area contributed by atoms with Crippen LogP contribution in [0.2, 0.25) is 0 Å². The normalized spacial score (nSPS) is 20.4. The molecular formula is C9H15NO. The molecule has 1 rings (SSSR count). The molecule has 11 heavy (non-hydrogen) atoms. The Bertz CT molecular complexity index is 146. The number of hydrogen-bond acceptors (Lipinski definition) is 2. The van der Waals surface area contributed by atoms with Gasteiger partial charge < -0.3 is 4.74 Å². The molecule has 2 nitrogen and oxygen atoms in total. The first kappa shape index (κ1) is 8.55. The van der Waals surface area contributed by atoms with Crippen LogP contribution in [0, 0.1) is 17.2 Å². The van der Waals surface area contributed by atoms with Crippen LogP contribution >= 0.6 is 0 Å². The van der Waals surface area contributed by atoms with E-state index in [2.05, 4.69) is 6.07 Å². The van der Waals surface area contributed by atoms with Crippen molar-refractivity contribution in [2.24, 2.45) is 5.92 Å². The third-order valence-corrected chi connectivity index (χ3v) is 2.30. The second-order valence-electron chi connectivity index (χ2n) is 3.23. The van der Waals surface area contributed by atoms with Crippen LogP contribution in [0.15, 0.2) is 0 Å². The quantitative estimate of drug-likeness (QED) is 0.619. The Balaban J connectivity index is 1.91. The predicted octanol–water partition coefficient (Wildman–Crippen LogP) is 2.11. The molecule has 1 saturated carbocycles. The highest BCUT2D eigenvalue weighted by Gasteiger charge is 2.16. The van der Waals surface area contributed by atoms with Crippen molar-refractivity contribution in [2.75, 3.05) is 6.61 Å². The number of nitrogens with zero attached hydrogens (tertiary/aromatic N) is 1. The molecule has 0 amide bonds. The first-order valence-electron chi connectivity index (χ1n) is 4.34. The van der Waals surface area contributed by atoms with E-state index in [0.29, 0.717) is 0 Å². The van der Waals surface area contributed by atoms with E-state index < -0.39 is 0 Å². The van der Waals surface area contributed by atoms with Crippen molar-refractivity contribution in [2.45, 2.75) is 38.7 Å². The standard InChI is InChI=1S/C9H15NO/c1-8(7-10)11-6-5-9-3-2-4-9/h8-9H,2-6H2,1H3. The zero-order valence-corrected chi connectivity index (χ0v) is 7.05. The van der Waals surface area contributed by atoms with Crippen LogP contribution in [0.25, 0.3) is 0 Å². The summed E-state index contributed by atoms with van der Waals surface area (Å²) >= 11 is 0. The van der Waals surface area contributed by atoms with Gasteiger partial charge in [-0.1, -0.05) is 19.3 Å². The molecule has 0 aliphatic heterocycles. The largest absolute Gasteiger partial charge is 0.364 e. The van der Waals surface area contributed by atoms with Gasteiger partial charge in [-0.05, 0) is 19.3 Å². The zero-order valence-electron chi connectivity index (χ0n) is 7.05. The van der Waals surface area contributed by atoms with Gasteiger partial charge in [0.05, 0.1) is 6.07 Å². The minimum absolute atomic E-state index is 0.227. The summed E-state index contributed by atoms with van der Waals surface area (Å²) in [6.45, 7) is 2.56. The molecule has 0 spiro atoms. The van der Waals surface area contributed by atoms with Gasteiger partial charge in [-0.15, -0.1) is 0 Å². The Kier molecular flexibility index (Phi) is 3.38. The van der Waals surface area contributed by atoms with E-state index in [4.69, 9.17) is 10.00 Å². The second-order valence-corrected chi connectivity index (χ2v) is 3.23. The summed E-state index contributed by atoms with van der Waals surface area (Å²) < 4.78 is 5.24. The van der Waals surface area contributed by atoms with Crippen molar-refractivity contribution in [3.8, 4) is 6.07 Å². The molecule has 1 unspecified atom stereocenters. The van der Waals surface area contributed by atoms with Gasteiger partial charge in [0.25, 0.3) is 0 Å². The van der Waals surface area contributed by atoms with Crippen molar-refractivity contribution >= 4 is 0 Å². The Morgan fingerprint density at radius 1 is 1.64 bits per heavy atom. The summed E-state index contributed by atoms with van der Waals surface area (Å²) in [6.07, 6.45) is 5.04. The van der Waals surface area contributed by atoms with E-state index in [1.165, 1.54) is 19.3 Å². The Morgan fingerprint density at radius 2 is 2.36 bits per heavy atom. The fourth-order valence-corrected chi connectivity index (χ4v) is 1.23. The predicted molar refractivity (Wildman–Crippen MR) is 43.0 cm³/mol. The minimum Gasteiger partial charge on any atom is -0.364 e. The third-order valence-electron chi connectivity index (χ3n) is 2.30. The van der Waals surface area contributed by atoms with Gasteiger partial charge in [0.1, 0.15) is 6.10 Å². The van der Waals surface area contributed by atoms with Crippen molar-refractivity contribution in [3.63, 3.8) is 0 Å². The highest BCUT2D eigenvalue weighted by atomic mass is 16.5. The average Bonchev–Trinajstić information content (AvgIpc) is 1.94. The van der Waals surface area contributed by atoms with E-state index in [0.717, 1.165) is 18.9 Å². The maximum Gasteiger partial charge on any atom is 0.141 e. The molecule has 0 heterocycles. The second kappa shape index (κ2) is 4.35. The van der Waals surface area contributed by atoms with Gasteiger partial charge in [-0.25, -0.2) is 0 Å². The van der Waals surface area contributed by atoms with Crippen LogP contribution in [0.4, 0.5) is 0 Å². The lowest BCUT2D eigenvalue weighted by atomic mass is 9.83. The van der Waals surface area contributed by atoms with Crippen LogP contribution in [0.1, 0.15) is 32.6 Å². The Morgan fingerprint density at radius 3 is 2.82 bits per heavy atom. The van der Waals surface area contributed by atoms with E-state index >= 15 is 0 Å². The van der Waals surface area contributed by atoms with Crippen LogP contribution < -0.4 is 0 Å². The summed E-state index contributed by atoms with van der Waals surface area (Å²) in [6, 6.07) is 2.05. The summed E-state index contributed by atoms with van der Waals surface area (Å²) in [5, 5.41) is 8.40. The molecule has 0 radical (unpaired) electrons. The Hall–Kier alpha value is -0.550. The van der Waals surface area contributed by atoms with Crippen LogP contribution in [0.5, 0.6) is 0 Å². The minimum atomic E-state index is -0.227. The first-order valence-corrected chi connectivity index (χ1v) is 4.34. The van der Waals surface area contributed by atoms with Crippen molar-refractivity contribution in [1.82, 2.24) is 0 Å². The number of rotatable bonds is 4. The summed E-state index contributed by atoms with van der Waals surface area (Å²) in [5.41, 5.74) is 0. The topological polar surface area (TPSA) is 33.0 Å². The Labute approximate surface area is 68.2 Å². The lowest BCUT2D eigenvalue weighted by molar-refractivity contribution is 0.0799. The molecule has 62 valence electrons. The average molecular weight is 153 g/mol. The molecule has 1 fully saturated rings. The maximum absolute atomic E-state index is 8.40. The molecule has 0 saturated heterocycles. The molecule has 1 atom stereocenters. The summed E-state index contributed by atoms with van der Waals surface area (Å²) in [5.74, 6) is 0.890. The van der Waals surface area contributed by atoms with E-state index in [9.17, 15) is 0 Å². The van der Waals surface area contributed by atoms with Gasteiger partial charge in [0, 0.05) is 6.61 Å². The van der Waals surface area contributed by atoms with Crippen molar-refractivity contribution in [1.29, 1.82) is 5.26 Å². The molecule has 1 aliphatic rings. The summed E-state index contributed by atoms with van der Waals surface area (Å²) in [7, 11) is 0. The molecule has 0 N–H and O–H groups in total. The van der Waals surface area contributed by atoms with Gasteiger partial charge >= 0.3 is 0 Å². The molecule has 1 aliphatic carbocycles. The molecule has 2 heteroatoms. The molecule has 0 aromatic rings. The van der Waals surface area contributed by atoms with Crippen molar-refractivity contribution in [3.05, 3.63) is 0 Å². The molecule has 0 aromatic carbocycles. The van der Waals surface area contributed by atoms with E-state index in [-0.39, 0.29) is 6.10 Å². The highest BCUT2D eigenvalue weighted by Crippen LogP contribution is 2.29. The lowest BCUT2D eigenvalue weighted by Crippen LogP contribution is -2.15. The highest BCUT2D eigenvalue weighted by molar-refractivity contribution is 4.79. The van der Waals surface area contributed by atoms with Crippen molar-refractivity contribution < 1.29 is 4.74 Å². The van der Waals surface area contributed by atoms with Gasteiger partial charge in [0.2, 0.25) is 0 Å². The van der Waals surface area contributed by atoms with E-state index in [1.807, 2.05) is 0 Å². The van der Waals surface area contributed by atoms with Gasteiger partial charge in [-0.3, -0.25) is 0 Å². The van der Waals surface area contributed by atoms with Crippen LogP contribution in [-0.2, 0) is 4.74 Å². The number of hydrogen-bond donors (Lipinski definition) is 0. The maximum atomic E-state index is 8.40. The SMILES string of the molecule is CC(C#N)OCCC1CCC1. The third kappa shape index (κ3) is 2.90. The lowest BCUT2D eigenvalue weighted by Gasteiger charge is -2.25. The van der Waals surface area contributed by atoms with E-state index in [1.54, 1.807) is 6.92 Å². The molecule has 0 bridgehead atoms. The van der Waals surface area contributed by atoms with Gasteiger partial charge in [-0.2, -0.15) is 5.26 Å².